The molecule has 1 aliphatic heterocycles. The number of nitrogens with one attached hydrogen (secondary N) is 1. The second kappa shape index (κ2) is 8.58. The Morgan fingerprint density at radius 1 is 1.41 bits per heavy atom. The van der Waals surface area contributed by atoms with Crippen molar-refractivity contribution in [3.8, 4) is 0 Å². The predicted octanol–water partition coefficient (Wildman–Crippen LogP) is 2.94. The maximum absolute atomic E-state index is 12.1. The molecule has 1 heterocycles. The number of rotatable bonds is 5. The first kappa shape index (κ1) is 17.3. The molecule has 0 aromatic heterocycles. The first-order valence-electron chi connectivity index (χ1n) is 7.21. The first-order chi connectivity index (χ1) is 10.6. The molecule has 5 nitrogen and oxygen atoms in total. The number of hydrogen-bond acceptors (Lipinski definition) is 4. The number of carbonyl (C=O) groups is 1. The molecule has 1 saturated heterocycles. The lowest BCUT2D eigenvalue weighted by atomic mass is 10.2. The second-order valence-electron chi connectivity index (χ2n) is 5.16. The molecule has 122 valence electrons. The molecular weight excluding hydrogens is 327 g/mol. The molecule has 22 heavy (non-hydrogen) atoms. The van der Waals surface area contributed by atoms with Gasteiger partial charge in [-0.1, -0.05) is 23.2 Å². The topological polar surface area (TPSA) is 50.8 Å². The van der Waals surface area contributed by atoms with E-state index in [1.165, 1.54) is 0 Å². The van der Waals surface area contributed by atoms with E-state index in [1.807, 2.05) is 7.05 Å². The normalized spacial score (nSPS) is 18.3. The summed E-state index contributed by atoms with van der Waals surface area (Å²) in [4.78, 5) is 13.8. The molecule has 0 saturated carbocycles. The minimum absolute atomic E-state index is 0.0503. The maximum Gasteiger partial charge on any atom is 0.410 e. The van der Waals surface area contributed by atoms with E-state index in [4.69, 9.17) is 32.7 Å². The SMILES string of the molecule is CNCC[C@@H]1CN(C(=O)OCc2cc(Cl)cc(Cl)c2)CCO1. The van der Waals surface area contributed by atoms with E-state index in [9.17, 15) is 4.79 Å². The quantitative estimate of drug-likeness (QED) is 0.890. The summed E-state index contributed by atoms with van der Waals surface area (Å²) in [5.74, 6) is 0. The van der Waals surface area contributed by atoms with Gasteiger partial charge in [-0.25, -0.2) is 4.79 Å². The highest BCUT2D eigenvalue weighted by molar-refractivity contribution is 6.34. The van der Waals surface area contributed by atoms with Crippen LogP contribution in [-0.4, -0.2) is 50.4 Å². The van der Waals surface area contributed by atoms with E-state index in [0.29, 0.717) is 29.7 Å². The van der Waals surface area contributed by atoms with Crippen LogP contribution >= 0.6 is 23.2 Å². The fraction of sp³-hybridized carbons (Fsp3) is 0.533. The van der Waals surface area contributed by atoms with E-state index in [1.54, 1.807) is 23.1 Å². The van der Waals surface area contributed by atoms with Crippen LogP contribution in [0, 0.1) is 0 Å². The average molecular weight is 347 g/mol. The van der Waals surface area contributed by atoms with Gasteiger partial charge < -0.3 is 19.7 Å². The molecule has 1 amide bonds. The predicted molar refractivity (Wildman–Crippen MR) is 86.5 cm³/mol. The molecule has 0 bridgehead atoms. The average Bonchev–Trinajstić information content (AvgIpc) is 2.50. The van der Waals surface area contributed by atoms with Gasteiger partial charge in [0.25, 0.3) is 0 Å². The molecule has 1 N–H and O–H groups in total. The Morgan fingerprint density at radius 2 is 2.14 bits per heavy atom. The van der Waals surface area contributed by atoms with Crippen LogP contribution < -0.4 is 5.32 Å². The molecule has 0 aliphatic carbocycles. The van der Waals surface area contributed by atoms with E-state index < -0.39 is 0 Å². The summed E-state index contributed by atoms with van der Waals surface area (Å²) in [7, 11) is 1.89. The molecule has 2 rings (SSSR count). The van der Waals surface area contributed by atoms with E-state index in [-0.39, 0.29) is 18.8 Å². The lowest BCUT2D eigenvalue weighted by Gasteiger charge is -2.32. The number of carbonyl (C=O) groups excluding carboxylic acids is 1. The minimum atomic E-state index is -0.339. The largest absolute Gasteiger partial charge is 0.445 e. The lowest BCUT2D eigenvalue weighted by Crippen LogP contribution is -2.46. The fourth-order valence-corrected chi connectivity index (χ4v) is 2.87. The number of ether oxygens (including phenoxy) is 2. The van der Waals surface area contributed by atoms with Crippen molar-refractivity contribution in [2.75, 3.05) is 33.3 Å². The van der Waals surface area contributed by atoms with Gasteiger partial charge in [-0.2, -0.15) is 0 Å². The Bertz CT molecular complexity index is 493. The third kappa shape index (κ3) is 5.32. The number of halogens is 2. The molecule has 1 fully saturated rings. The van der Waals surface area contributed by atoms with Crippen molar-refractivity contribution >= 4 is 29.3 Å². The van der Waals surface area contributed by atoms with E-state index in [2.05, 4.69) is 5.32 Å². The van der Waals surface area contributed by atoms with Gasteiger partial charge in [-0.05, 0) is 43.8 Å². The van der Waals surface area contributed by atoms with Gasteiger partial charge in [0.2, 0.25) is 0 Å². The Balaban J connectivity index is 1.83. The summed E-state index contributed by atoms with van der Waals surface area (Å²) in [5, 5.41) is 4.13. The third-order valence-electron chi connectivity index (χ3n) is 3.40. The number of hydrogen-bond donors (Lipinski definition) is 1. The molecule has 7 heteroatoms. The summed E-state index contributed by atoms with van der Waals surface area (Å²) in [6, 6.07) is 5.11. The zero-order valence-corrected chi connectivity index (χ0v) is 14.0. The minimum Gasteiger partial charge on any atom is -0.445 e. The number of amides is 1. The van der Waals surface area contributed by atoms with E-state index in [0.717, 1.165) is 18.5 Å². The molecule has 0 spiro atoms. The van der Waals surface area contributed by atoms with Crippen LogP contribution in [0.1, 0.15) is 12.0 Å². The Kier molecular flexibility index (Phi) is 6.76. The van der Waals surface area contributed by atoms with Crippen molar-refractivity contribution in [1.82, 2.24) is 10.2 Å². The van der Waals surface area contributed by atoms with Crippen LogP contribution in [0.15, 0.2) is 18.2 Å². The van der Waals surface area contributed by atoms with Crippen LogP contribution in [-0.2, 0) is 16.1 Å². The molecule has 0 radical (unpaired) electrons. The highest BCUT2D eigenvalue weighted by Gasteiger charge is 2.24. The van der Waals surface area contributed by atoms with Gasteiger partial charge in [0.15, 0.2) is 0 Å². The summed E-state index contributed by atoms with van der Waals surface area (Å²) < 4.78 is 11.0. The standard InChI is InChI=1S/C15H20Cl2N2O3/c1-18-3-2-14-9-19(4-5-21-14)15(20)22-10-11-6-12(16)8-13(17)7-11/h6-8,14,18H,2-5,9-10H2,1H3/t14-/m1/s1. The van der Waals surface area contributed by atoms with Crippen LogP contribution in [0.2, 0.25) is 10.0 Å². The van der Waals surface area contributed by atoms with E-state index >= 15 is 0 Å². The van der Waals surface area contributed by atoms with Gasteiger partial charge in [-0.15, -0.1) is 0 Å². The zero-order valence-electron chi connectivity index (χ0n) is 12.5. The molecular formula is C15H20Cl2N2O3. The van der Waals surface area contributed by atoms with Crippen LogP contribution in [0.5, 0.6) is 0 Å². The Morgan fingerprint density at radius 3 is 2.82 bits per heavy atom. The maximum atomic E-state index is 12.1. The van der Waals surface area contributed by atoms with Crippen LogP contribution in [0.4, 0.5) is 4.79 Å². The highest BCUT2D eigenvalue weighted by Crippen LogP contribution is 2.20. The monoisotopic (exact) mass is 346 g/mol. The van der Waals surface area contributed by atoms with Crippen molar-refractivity contribution in [1.29, 1.82) is 0 Å². The summed E-state index contributed by atoms with van der Waals surface area (Å²) in [6.45, 7) is 2.64. The van der Waals surface area contributed by atoms with Gasteiger partial charge in [0, 0.05) is 16.6 Å². The van der Waals surface area contributed by atoms with Gasteiger partial charge in [0.1, 0.15) is 6.61 Å². The van der Waals surface area contributed by atoms with Gasteiger partial charge >= 0.3 is 6.09 Å². The van der Waals surface area contributed by atoms with Gasteiger partial charge in [-0.3, -0.25) is 0 Å². The van der Waals surface area contributed by atoms with Crippen LogP contribution in [0.3, 0.4) is 0 Å². The molecule has 0 unspecified atom stereocenters. The van der Waals surface area contributed by atoms with Crippen molar-refractivity contribution in [3.05, 3.63) is 33.8 Å². The summed E-state index contributed by atoms with van der Waals surface area (Å²) in [5.41, 5.74) is 0.769. The Labute approximate surface area is 140 Å². The number of benzene rings is 1. The molecule has 1 aromatic rings. The number of morpholine rings is 1. The number of nitrogens with zero attached hydrogens (tertiary/aromatic N) is 1. The van der Waals surface area contributed by atoms with Crippen molar-refractivity contribution in [2.45, 2.75) is 19.1 Å². The Hall–Kier alpha value is -1.01. The van der Waals surface area contributed by atoms with Crippen molar-refractivity contribution < 1.29 is 14.3 Å². The summed E-state index contributed by atoms with van der Waals surface area (Å²) in [6.07, 6.45) is 0.577. The zero-order chi connectivity index (χ0) is 15.9. The lowest BCUT2D eigenvalue weighted by molar-refractivity contribution is -0.0309. The third-order valence-corrected chi connectivity index (χ3v) is 3.83. The van der Waals surface area contributed by atoms with Gasteiger partial charge in [0.05, 0.1) is 19.3 Å². The van der Waals surface area contributed by atoms with Crippen molar-refractivity contribution in [3.63, 3.8) is 0 Å². The summed E-state index contributed by atoms with van der Waals surface area (Å²) >= 11 is 11.8. The van der Waals surface area contributed by atoms with Crippen molar-refractivity contribution in [2.24, 2.45) is 0 Å². The second-order valence-corrected chi connectivity index (χ2v) is 6.04. The molecule has 1 aromatic carbocycles. The molecule has 1 atom stereocenters. The first-order valence-corrected chi connectivity index (χ1v) is 7.97. The van der Waals surface area contributed by atoms with Crippen LogP contribution in [0.25, 0.3) is 0 Å². The highest BCUT2D eigenvalue weighted by atomic mass is 35.5. The molecule has 1 aliphatic rings. The fourth-order valence-electron chi connectivity index (χ4n) is 2.30. The smallest absolute Gasteiger partial charge is 0.410 e.